The van der Waals surface area contributed by atoms with Crippen molar-refractivity contribution in [1.29, 1.82) is 0 Å². The van der Waals surface area contributed by atoms with Gasteiger partial charge in [0.2, 0.25) is 0 Å². The summed E-state index contributed by atoms with van der Waals surface area (Å²) in [7, 11) is 7.20. The van der Waals surface area contributed by atoms with Gasteiger partial charge in [-0.15, -0.1) is 0 Å². The van der Waals surface area contributed by atoms with Crippen LogP contribution in [0.4, 0.5) is 0 Å². The monoisotopic (exact) mass is 422 g/mol. The van der Waals surface area contributed by atoms with E-state index in [1.165, 1.54) is 16.0 Å². The molecule has 164 valence electrons. The number of hydrogen-bond acceptors (Lipinski definition) is 4. The molecule has 0 bridgehead atoms. The fourth-order valence-corrected chi connectivity index (χ4v) is 3.51. The first-order valence-electron chi connectivity index (χ1n) is 10.5. The molecule has 3 aromatic rings. The highest BCUT2D eigenvalue weighted by Gasteiger charge is 2.11. The highest BCUT2D eigenvalue weighted by molar-refractivity contribution is 5.43. The molecule has 31 heavy (non-hydrogen) atoms. The van der Waals surface area contributed by atoms with Crippen LogP contribution in [0.25, 0.3) is 0 Å². The molecule has 0 radical (unpaired) electrons. The van der Waals surface area contributed by atoms with Crippen molar-refractivity contribution in [3.05, 3.63) is 83.4 Å². The van der Waals surface area contributed by atoms with Crippen LogP contribution < -0.4 is 23.8 Å². The van der Waals surface area contributed by atoms with Crippen LogP contribution in [0, 0.1) is 0 Å². The molecule has 1 atom stereocenters. The van der Waals surface area contributed by atoms with Gasteiger partial charge in [-0.3, -0.25) is 0 Å². The summed E-state index contributed by atoms with van der Waals surface area (Å²) >= 11 is 0. The Morgan fingerprint density at radius 3 is 1.97 bits per heavy atom. The zero-order chi connectivity index (χ0) is 22.1. The average Bonchev–Trinajstić information content (AvgIpc) is 2.82. The van der Waals surface area contributed by atoms with E-state index in [9.17, 15) is 0 Å². The van der Waals surface area contributed by atoms with Crippen LogP contribution in [0.1, 0.15) is 16.7 Å². The fourth-order valence-electron chi connectivity index (χ4n) is 3.51. The molecule has 1 N–H and O–H groups in total. The minimum Gasteiger partial charge on any atom is -0.493 e. The number of methoxy groups -OCH3 is 3. The number of quaternary nitrogens is 1. The van der Waals surface area contributed by atoms with Crippen LogP contribution in [0.5, 0.6) is 23.0 Å². The minimum atomic E-state index is 0.521. The molecule has 0 amide bonds. The van der Waals surface area contributed by atoms with Crippen molar-refractivity contribution < 1.29 is 23.8 Å². The molecular formula is C26H32NO4+. The van der Waals surface area contributed by atoms with E-state index >= 15 is 0 Å². The quantitative estimate of drug-likeness (QED) is 0.513. The third kappa shape index (κ3) is 6.40. The second-order valence-electron chi connectivity index (χ2n) is 7.58. The van der Waals surface area contributed by atoms with Gasteiger partial charge >= 0.3 is 0 Å². The van der Waals surface area contributed by atoms with Gasteiger partial charge in [0.15, 0.2) is 23.0 Å². The fraction of sp³-hybridized carbons (Fsp3) is 0.308. The van der Waals surface area contributed by atoms with Gasteiger partial charge in [0.25, 0.3) is 0 Å². The maximum absolute atomic E-state index is 5.97. The van der Waals surface area contributed by atoms with Gasteiger partial charge in [-0.2, -0.15) is 0 Å². The smallest absolute Gasteiger partial charge is 0.161 e. The molecular weight excluding hydrogens is 390 g/mol. The lowest BCUT2D eigenvalue weighted by molar-refractivity contribution is -0.893. The Kier molecular flexibility index (Phi) is 8.19. The van der Waals surface area contributed by atoms with Crippen LogP contribution in [0.3, 0.4) is 0 Å². The van der Waals surface area contributed by atoms with Crippen molar-refractivity contribution >= 4 is 0 Å². The summed E-state index contributed by atoms with van der Waals surface area (Å²) in [5, 5.41) is 0. The predicted molar refractivity (Wildman–Crippen MR) is 122 cm³/mol. The Hall–Kier alpha value is -3.18. The number of rotatable bonds is 11. The summed E-state index contributed by atoms with van der Waals surface area (Å²) in [6.45, 7) is 2.43. The molecule has 1 unspecified atom stereocenters. The van der Waals surface area contributed by atoms with E-state index < -0.39 is 0 Å². The normalized spacial score (nSPS) is 11.6. The van der Waals surface area contributed by atoms with Gasteiger partial charge in [-0.05, 0) is 41.5 Å². The highest BCUT2D eigenvalue weighted by atomic mass is 16.5. The second kappa shape index (κ2) is 11.3. The van der Waals surface area contributed by atoms with E-state index in [1.807, 2.05) is 36.4 Å². The van der Waals surface area contributed by atoms with Gasteiger partial charge in [0.05, 0.1) is 34.9 Å². The van der Waals surface area contributed by atoms with Gasteiger partial charge < -0.3 is 23.8 Å². The van der Waals surface area contributed by atoms with E-state index in [1.54, 1.807) is 21.3 Å². The van der Waals surface area contributed by atoms with E-state index in [-0.39, 0.29) is 0 Å². The lowest BCUT2D eigenvalue weighted by atomic mass is 10.1. The lowest BCUT2D eigenvalue weighted by Gasteiger charge is -2.17. The minimum absolute atomic E-state index is 0.521. The molecule has 0 heterocycles. The molecule has 0 fully saturated rings. The zero-order valence-corrected chi connectivity index (χ0v) is 18.8. The second-order valence-corrected chi connectivity index (χ2v) is 7.58. The van der Waals surface area contributed by atoms with Gasteiger partial charge in [0, 0.05) is 12.0 Å². The van der Waals surface area contributed by atoms with Crippen LogP contribution in [-0.2, 0) is 19.6 Å². The number of nitrogens with one attached hydrogen (secondary N) is 1. The summed E-state index contributed by atoms with van der Waals surface area (Å²) in [4.78, 5) is 1.41. The van der Waals surface area contributed by atoms with E-state index in [0.717, 1.165) is 48.1 Å². The van der Waals surface area contributed by atoms with Crippen LogP contribution in [0.2, 0.25) is 0 Å². The third-order valence-electron chi connectivity index (χ3n) is 5.26. The maximum atomic E-state index is 5.97. The SMILES string of the molecule is COc1ccc(CC[NH+](C)Cc2ccc(OCc3ccccc3)c(OC)c2)cc1OC. The molecule has 5 nitrogen and oxygen atoms in total. The molecule has 0 aliphatic carbocycles. The molecule has 0 saturated carbocycles. The average molecular weight is 423 g/mol. The van der Waals surface area contributed by atoms with Crippen molar-refractivity contribution in [2.24, 2.45) is 0 Å². The third-order valence-corrected chi connectivity index (χ3v) is 5.26. The molecule has 0 aromatic heterocycles. The molecule has 3 aromatic carbocycles. The number of ether oxygens (including phenoxy) is 4. The Balaban J connectivity index is 1.56. The highest BCUT2D eigenvalue weighted by Crippen LogP contribution is 2.29. The van der Waals surface area contributed by atoms with Crippen molar-refractivity contribution in [3.63, 3.8) is 0 Å². The van der Waals surface area contributed by atoms with E-state index in [4.69, 9.17) is 18.9 Å². The van der Waals surface area contributed by atoms with Crippen LogP contribution in [0.15, 0.2) is 66.7 Å². The van der Waals surface area contributed by atoms with Crippen molar-refractivity contribution in [1.82, 2.24) is 0 Å². The molecule has 0 aliphatic heterocycles. The predicted octanol–water partition coefficient (Wildman–Crippen LogP) is 3.55. The van der Waals surface area contributed by atoms with Gasteiger partial charge in [-0.1, -0.05) is 36.4 Å². The Morgan fingerprint density at radius 1 is 0.645 bits per heavy atom. The summed E-state index contributed by atoms with van der Waals surface area (Å²) in [6.07, 6.45) is 0.960. The Bertz CT molecular complexity index is 959. The molecule has 0 spiro atoms. The largest absolute Gasteiger partial charge is 0.493 e. The van der Waals surface area contributed by atoms with Crippen LogP contribution >= 0.6 is 0 Å². The topological polar surface area (TPSA) is 41.4 Å². The van der Waals surface area contributed by atoms with Crippen LogP contribution in [-0.4, -0.2) is 34.9 Å². The lowest BCUT2D eigenvalue weighted by Crippen LogP contribution is -3.07. The van der Waals surface area contributed by atoms with Gasteiger partial charge in [0.1, 0.15) is 13.2 Å². The molecule has 0 saturated heterocycles. The first-order chi connectivity index (χ1) is 15.1. The summed E-state index contributed by atoms with van der Waals surface area (Å²) in [5.41, 5.74) is 3.58. The van der Waals surface area contributed by atoms with Crippen molar-refractivity contribution in [2.75, 3.05) is 34.9 Å². The first-order valence-corrected chi connectivity index (χ1v) is 10.5. The number of hydrogen-bond donors (Lipinski definition) is 1. The number of benzene rings is 3. The number of likely N-dealkylation sites (N-methyl/N-ethyl adjacent to an activating group) is 1. The van der Waals surface area contributed by atoms with Crippen molar-refractivity contribution in [2.45, 2.75) is 19.6 Å². The maximum Gasteiger partial charge on any atom is 0.161 e. The Labute approximate surface area is 185 Å². The van der Waals surface area contributed by atoms with Gasteiger partial charge in [-0.25, -0.2) is 0 Å². The van der Waals surface area contributed by atoms with E-state index in [2.05, 4.69) is 37.4 Å². The van der Waals surface area contributed by atoms with Crippen molar-refractivity contribution in [3.8, 4) is 23.0 Å². The Morgan fingerprint density at radius 2 is 1.26 bits per heavy atom. The first kappa shape index (κ1) is 22.5. The standard InChI is InChI=1S/C26H31NO4/c1-27(15-14-20-10-12-23(28-2)25(16-20)29-3)18-22-11-13-24(26(17-22)30-4)31-19-21-8-6-5-7-9-21/h5-13,16-17H,14-15,18-19H2,1-4H3/p+1. The molecule has 5 heteroatoms. The molecule has 3 rings (SSSR count). The molecule has 0 aliphatic rings. The summed E-state index contributed by atoms with van der Waals surface area (Å²) in [5.74, 6) is 3.06. The van der Waals surface area contributed by atoms with E-state index in [0.29, 0.717) is 6.61 Å². The zero-order valence-electron chi connectivity index (χ0n) is 18.8. The summed E-state index contributed by atoms with van der Waals surface area (Å²) < 4.78 is 22.3. The summed E-state index contributed by atoms with van der Waals surface area (Å²) in [6, 6.07) is 22.4.